The Morgan fingerprint density at radius 3 is 0.837 bits per heavy atom. The van der Waals surface area contributed by atoms with E-state index >= 15 is 0 Å². The van der Waals surface area contributed by atoms with E-state index < -0.39 is 15.8 Å². The Kier molecular flexibility index (Phi) is 22.2. The maximum Gasteiger partial charge on any atom is 0.0969 e. The summed E-state index contributed by atoms with van der Waals surface area (Å²) in [6, 6.07) is 44.7. The zero-order valence-corrected chi connectivity index (χ0v) is 31.9. The summed E-state index contributed by atoms with van der Waals surface area (Å²) < 4.78 is 0. The van der Waals surface area contributed by atoms with Crippen LogP contribution in [0.3, 0.4) is 0 Å². The smallest absolute Gasteiger partial charge is 0.0620 e. The quantitative estimate of drug-likeness (QED) is 0.103. The van der Waals surface area contributed by atoms with Gasteiger partial charge in [0.15, 0.2) is 0 Å². The molecule has 0 heterocycles. The summed E-state index contributed by atoms with van der Waals surface area (Å²) in [4.78, 5) is 0. The molecule has 4 aromatic rings. The van der Waals surface area contributed by atoms with Crippen molar-refractivity contribution in [3.63, 3.8) is 0 Å². The molecule has 0 nitrogen and oxygen atoms in total. The molecule has 2 aliphatic rings. The summed E-state index contributed by atoms with van der Waals surface area (Å²) in [5.41, 5.74) is 1.86. The Balaban J connectivity index is 0.000000249. The van der Waals surface area contributed by atoms with Gasteiger partial charge in [-0.15, -0.1) is 23.2 Å². The molecule has 0 amide bonds. The van der Waals surface area contributed by atoms with Gasteiger partial charge in [0.1, 0.15) is 0 Å². The van der Waals surface area contributed by atoms with Crippen molar-refractivity contribution in [1.29, 1.82) is 0 Å². The minimum Gasteiger partial charge on any atom is -0.0620 e. The first kappa shape index (κ1) is 39.3. The van der Waals surface area contributed by atoms with Crippen LogP contribution < -0.4 is 21.2 Å². The number of hydrogen-bond acceptors (Lipinski definition) is 0. The molecule has 43 heavy (non-hydrogen) atoms. The standard InChI is InChI=1S/2C17H19P.CH2Cl2.2ClH.Fe.Pd/c2*1-3-9-15(10-4-1)18(17-13-7-8-14-17)16-11-5-2-6-12-16;2-1-3;;;;/h2*1-6,9-12,17H,7-8,13-14H2;1H2;2*1H;;/q;;;;;;+2. The second kappa shape index (κ2) is 24.3. The second-order valence-electron chi connectivity index (χ2n) is 10.4. The van der Waals surface area contributed by atoms with Crippen LogP contribution in [-0.2, 0) is 33.0 Å². The Hall–Kier alpha value is 0.0818. The molecular weight excluding hydrogens is 786 g/mol. The van der Waals surface area contributed by atoms with E-state index in [2.05, 4.69) is 121 Å². The first-order valence-electron chi connectivity index (χ1n) is 14.6. The van der Waals surface area contributed by atoms with Gasteiger partial charge >= 0.3 is 35.0 Å². The first-order chi connectivity index (χ1) is 20.7. The number of alkyl halides is 2. The van der Waals surface area contributed by atoms with Crippen molar-refractivity contribution >= 4 is 79.3 Å². The molecule has 0 radical (unpaired) electrons. The van der Waals surface area contributed by atoms with Crippen molar-refractivity contribution in [3.05, 3.63) is 121 Å². The van der Waals surface area contributed by atoms with Gasteiger partial charge < -0.3 is 0 Å². The third kappa shape index (κ3) is 13.8. The minimum atomic E-state index is -0.577. The van der Waals surface area contributed by atoms with Crippen LogP contribution in [0.25, 0.3) is 0 Å². The van der Waals surface area contributed by atoms with Gasteiger partial charge in [-0.05, 0) is 99.9 Å². The molecule has 4 aromatic carbocycles. The van der Waals surface area contributed by atoms with Gasteiger partial charge in [0.25, 0.3) is 0 Å². The van der Waals surface area contributed by atoms with Gasteiger partial charge in [0.05, 0.1) is 53.7 Å². The van der Waals surface area contributed by atoms with Crippen LogP contribution in [-0.4, -0.2) is 16.7 Å². The summed E-state index contributed by atoms with van der Waals surface area (Å²) in [7, 11) is 8.47. The number of benzene rings is 4. The summed E-state index contributed by atoms with van der Waals surface area (Å²) in [5, 5.41) is 6.53. The SMILES string of the molecule is ClCCl.[Cl][Pd][Cl].[Fe].c1ccc([PH+](c2ccccc2)C2CCCC2)cc1.c1ccc([PH+](c2ccccc2)C2CCCC2)cc1. The number of halogens is 4. The molecule has 0 bridgehead atoms. The molecule has 0 spiro atoms. The number of hydrogen-bond donors (Lipinski definition) is 0. The van der Waals surface area contributed by atoms with Crippen molar-refractivity contribution in [2.24, 2.45) is 0 Å². The molecule has 0 saturated heterocycles. The van der Waals surface area contributed by atoms with E-state index in [1.807, 2.05) is 0 Å². The van der Waals surface area contributed by atoms with E-state index in [-0.39, 0.29) is 38.3 Å². The van der Waals surface area contributed by atoms with Crippen LogP contribution >= 0.6 is 58.1 Å². The van der Waals surface area contributed by atoms with Crippen LogP contribution in [0, 0.1) is 0 Å². The monoisotopic (exact) mass is 826 g/mol. The minimum absolute atomic E-state index is 0. The van der Waals surface area contributed by atoms with Crippen LogP contribution in [0.5, 0.6) is 0 Å². The van der Waals surface area contributed by atoms with Crippen LogP contribution in [0.1, 0.15) is 51.4 Å². The second-order valence-corrected chi connectivity index (χ2v) is 19.2. The molecule has 0 atom stereocenters. The molecule has 2 aliphatic carbocycles. The van der Waals surface area contributed by atoms with Gasteiger partial charge in [0, 0.05) is 17.1 Å². The van der Waals surface area contributed by atoms with Gasteiger partial charge in [-0.2, -0.15) is 0 Å². The predicted octanol–water partition coefficient (Wildman–Crippen LogP) is 10.4. The topological polar surface area (TPSA) is 0 Å². The normalized spacial score (nSPS) is 14.6. The van der Waals surface area contributed by atoms with Gasteiger partial charge in [-0.25, -0.2) is 0 Å². The largest absolute Gasteiger partial charge is 0.0969 e. The maximum atomic E-state index is 4.81. The Labute approximate surface area is 299 Å². The molecule has 0 unspecified atom stereocenters. The molecule has 0 N–H and O–H groups in total. The van der Waals surface area contributed by atoms with Crippen LogP contribution in [0.15, 0.2) is 121 Å². The molecule has 8 heteroatoms. The molecule has 2 fully saturated rings. The predicted molar refractivity (Wildman–Crippen MR) is 194 cm³/mol. The zero-order valence-electron chi connectivity index (χ0n) is 24.2. The van der Waals surface area contributed by atoms with E-state index in [1.165, 1.54) is 51.4 Å². The van der Waals surface area contributed by atoms with Crippen LogP contribution in [0.4, 0.5) is 0 Å². The molecule has 2 saturated carbocycles. The average Bonchev–Trinajstić information content (AvgIpc) is 3.77. The fourth-order valence-corrected chi connectivity index (χ4v) is 12.9. The molecule has 6 rings (SSSR count). The van der Waals surface area contributed by atoms with Crippen molar-refractivity contribution in [1.82, 2.24) is 0 Å². The van der Waals surface area contributed by atoms with Gasteiger partial charge in [0.2, 0.25) is 0 Å². The van der Waals surface area contributed by atoms with Crippen LogP contribution in [0.2, 0.25) is 0 Å². The maximum absolute atomic E-state index is 4.81. The van der Waals surface area contributed by atoms with E-state index in [0.29, 0.717) is 0 Å². The fourth-order valence-electron chi connectivity index (χ4n) is 6.18. The molecular formula is C35H42Cl4FeP2Pd+2. The Morgan fingerprint density at radius 2 is 0.651 bits per heavy atom. The first-order valence-corrected chi connectivity index (χ1v) is 22.9. The summed E-state index contributed by atoms with van der Waals surface area (Å²) >= 11 is 9.42. The average molecular weight is 829 g/mol. The van der Waals surface area contributed by atoms with E-state index in [1.54, 1.807) is 21.2 Å². The van der Waals surface area contributed by atoms with E-state index in [0.717, 1.165) is 11.3 Å². The molecule has 236 valence electrons. The van der Waals surface area contributed by atoms with E-state index in [4.69, 9.17) is 42.3 Å². The Morgan fingerprint density at radius 1 is 0.465 bits per heavy atom. The summed E-state index contributed by atoms with van der Waals surface area (Å²) in [6.45, 7) is 0. The molecule has 0 aliphatic heterocycles. The summed E-state index contributed by atoms with van der Waals surface area (Å²) in [5.74, 6) is 0. The molecule has 0 aromatic heterocycles. The Bertz CT molecular complexity index is 1020. The van der Waals surface area contributed by atoms with E-state index in [9.17, 15) is 0 Å². The van der Waals surface area contributed by atoms with Gasteiger partial charge in [-0.3, -0.25) is 0 Å². The zero-order chi connectivity index (χ0) is 29.8. The van der Waals surface area contributed by atoms with Gasteiger partial charge in [-0.1, -0.05) is 72.8 Å². The number of rotatable bonds is 6. The fraction of sp³-hybridized carbons (Fsp3) is 0.314. The van der Waals surface area contributed by atoms with Crippen molar-refractivity contribution in [3.8, 4) is 0 Å². The van der Waals surface area contributed by atoms with Crippen molar-refractivity contribution in [2.75, 3.05) is 5.34 Å². The summed E-state index contributed by atoms with van der Waals surface area (Å²) in [6.07, 6.45) is 11.4. The van der Waals surface area contributed by atoms with Crippen molar-refractivity contribution in [2.45, 2.75) is 62.7 Å². The third-order valence-electron chi connectivity index (χ3n) is 7.87. The van der Waals surface area contributed by atoms with Crippen molar-refractivity contribution < 1.29 is 33.0 Å². The third-order valence-corrected chi connectivity index (χ3v) is 14.5.